The quantitative estimate of drug-likeness (QED) is 0.629. The second-order valence-corrected chi connectivity index (χ2v) is 8.04. The van der Waals surface area contributed by atoms with E-state index in [4.69, 9.17) is 0 Å². The lowest BCUT2D eigenvalue weighted by molar-refractivity contribution is -0.135. The second kappa shape index (κ2) is 10.7. The van der Waals surface area contributed by atoms with Gasteiger partial charge in [-0.15, -0.1) is 0 Å². The molecule has 3 aromatic rings. The van der Waals surface area contributed by atoms with E-state index in [0.717, 1.165) is 25.2 Å². The van der Waals surface area contributed by atoms with Crippen LogP contribution in [0.1, 0.15) is 21.5 Å². The van der Waals surface area contributed by atoms with Gasteiger partial charge in [0.25, 0.3) is 5.91 Å². The van der Waals surface area contributed by atoms with Crippen molar-refractivity contribution in [2.24, 2.45) is 0 Å². The maximum Gasteiger partial charge on any atom is 0.251 e. The zero-order chi connectivity index (χ0) is 22.2. The Hall–Kier alpha value is -3.51. The Bertz CT molecular complexity index is 1000. The third kappa shape index (κ3) is 5.80. The molecule has 0 saturated carbocycles. The number of aromatic nitrogens is 1. The lowest BCUT2D eigenvalue weighted by atomic mass is 10.0. The van der Waals surface area contributed by atoms with Gasteiger partial charge in [0, 0.05) is 57.1 Å². The summed E-state index contributed by atoms with van der Waals surface area (Å²) < 4.78 is 0. The summed E-state index contributed by atoms with van der Waals surface area (Å²) in [5, 5.41) is 2.98. The maximum atomic E-state index is 13.4. The van der Waals surface area contributed by atoms with Crippen LogP contribution in [0.25, 0.3) is 0 Å². The topological polar surface area (TPSA) is 65.5 Å². The first kappa shape index (κ1) is 21.7. The molecule has 1 fully saturated rings. The molecule has 2 amide bonds. The van der Waals surface area contributed by atoms with Gasteiger partial charge in [-0.1, -0.05) is 48.5 Å². The molecule has 4 rings (SSSR count). The van der Waals surface area contributed by atoms with Crippen LogP contribution < -0.4 is 5.32 Å². The second-order valence-electron chi connectivity index (χ2n) is 8.04. The first-order valence-corrected chi connectivity index (χ1v) is 11.0. The van der Waals surface area contributed by atoms with Gasteiger partial charge in [-0.2, -0.15) is 0 Å². The summed E-state index contributed by atoms with van der Waals surface area (Å²) >= 11 is 0. The van der Waals surface area contributed by atoms with Crippen LogP contribution in [0.4, 0.5) is 0 Å². The smallest absolute Gasteiger partial charge is 0.251 e. The number of amides is 2. The lowest BCUT2D eigenvalue weighted by Gasteiger charge is -2.36. The zero-order valence-corrected chi connectivity index (χ0v) is 18.1. The van der Waals surface area contributed by atoms with E-state index in [1.54, 1.807) is 24.5 Å². The van der Waals surface area contributed by atoms with E-state index in [9.17, 15) is 9.59 Å². The molecular formula is C26H28N4O2. The van der Waals surface area contributed by atoms with Crippen molar-refractivity contribution in [2.75, 3.05) is 26.2 Å². The average molecular weight is 429 g/mol. The number of pyridine rings is 1. The molecule has 6 nitrogen and oxygen atoms in total. The van der Waals surface area contributed by atoms with Gasteiger partial charge in [0.05, 0.1) is 0 Å². The van der Waals surface area contributed by atoms with Crippen molar-refractivity contribution in [1.29, 1.82) is 0 Å². The number of piperazine rings is 1. The SMILES string of the molecule is O=C(NC(Cc1ccccc1)C(=O)N1CCN(Cc2ccncc2)CC1)c1ccccc1. The van der Waals surface area contributed by atoms with Crippen molar-refractivity contribution in [2.45, 2.75) is 19.0 Å². The maximum absolute atomic E-state index is 13.4. The summed E-state index contributed by atoms with van der Waals surface area (Å²) in [4.78, 5) is 34.5. The first-order valence-electron chi connectivity index (χ1n) is 11.0. The molecule has 164 valence electrons. The molecule has 1 aliphatic heterocycles. The Morgan fingerprint density at radius 2 is 1.44 bits per heavy atom. The van der Waals surface area contributed by atoms with Gasteiger partial charge in [-0.05, 0) is 35.4 Å². The molecule has 1 atom stereocenters. The van der Waals surface area contributed by atoms with E-state index in [1.807, 2.05) is 65.6 Å². The minimum atomic E-state index is -0.600. The molecule has 2 aromatic carbocycles. The number of nitrogens with zero attached hydrogens (tertiary/aromatic N) is 3. The molecule has 1 unspecified atom stereocenters. The van der Waals surface area contributed by atoms with Crippen LogP contribution in [0.2, 0.25) is 0 Å². The van der Waals surface area contributed by atoms with Crippen molar-refractivity contribution < 1.29 is 9.59 Å². The highest BCUT2D eigenvalue weighted by Gasteiger charge is 2.29. The van der Waals surface area contributed by atoms with Gasteiger partial charge in [0.15, 0.2) is 0 Å². The van der Waals surface area contributed by atoms with E-state index < -0.39 is 6.04 Å². The van der Waals surface area contributed by atoms with E-state index in [0.29, 0.717) is 25.1 Å². The van der Waals surface area contributed by atoms with Crippen LogP contribution in [0.5, 0.6) is 0 Å². The molecule has 2 heterocycles. The number of benzene rings is 2. The lowest BCUT2D eigenvalue weighted by Crippen LogP contribution is -2.55. The molecule has 0 aliphatic carbocycles. The fourth-order valence-electron chi connectivity index (χ4n) is 3.97. The number of nitrogens with one attached hydrogen (secondary N) is 1. The van der Waals surface area contributed by atoms with Gasteiger partial charge in [0.1, 0.15) is 6.04 Å². The predicted molar refractivity (Wildman–Crippen MR) is 124 cm³/mol. The molecule has 1 saturated heterocycles. The molecule has 1 aliphatic rings. The summed E-state index contributed by atoms with van der Waals surface area (Å²) in [6.07, 6.45) is 4.08. The van der Waals surface area contributed by atoms with Gasteiger partial charge >= 0.3 is 0 Å². The van der Waals surface area contributed by atoms with Crippen LogP contribution in [0.15, 0.2) is 85.2 Å². The van der Waals surface area contributed by atoms with Crippen LogP contribution in [0, 0.1) is 0 Å². The van der Waals surface area contributed by atoms with Crippen molar-refractivity contribution in [3.8, 4) is 0 Å². The Labute approximate surface area is 188 Å². The van der Waals surface area contributed by atoms with Gasteiger partial charge in [-0.3, -0.25) is 19.5 Å². The van der Waals surface area contributed by atoms with Crippen LogP contribution in [0.3, 0.4) is 0 Å². The first-order chi connectivity index (χ1) is 15.7. The molecule has 0 bridgehead atoms. The van der Waals surface area contributed by atoms with Crippen LogP contribution >= 0.6 is 0 Å². The Morgan fingerprint density at radius 3 is 2.09 bits per heavy atom. The third-order valence-corrected chi connectivity index (χ3v) is 5.76. The molecule has 1 aromatic heterocycles. The molecular weight excluding hydrogens is 400 g/mol. The molecule has 0 spiro atoms. The van der Waals surface area contributed by atoms with Gasteiger partial charge in [0.2, 0.25) is 5.91 Å². The Balaban J connectivity index is 1.41. The van der Waals surface area contributed by atoms with Crippen LogP contribution in [-0.2, 0) is 17.8 Å². The number of rotatable bonds is 7. The largest absolute Gasteiger partial charge is 0.340 e. The highest BCUT2D eigenvalue weighted by Crippen LogP contribution is 2.12. The fourth-order valence-corrected chi connectivity index (χ4v) is 3.97. The average Bonchev–Trinajstić information content (AvgIpc) is 2.85. The number of carbonyl (C=O) groups is 2. The van der Waals surface area contributed by atoms with E-state index in [1.165, 1.54) is 5.56 Å². The minimum absolute atomic E-state index is 0.0262. The summed E-state index contributed by atoms with van der Waals surface area (Å²) in [5.41, 5.74) is 2.80. The summed E-state index contributed by atoms with van der Waals surface area (Å²) in [6, 6.07) is 22.3. The van der Waals surface area contributed by atoms with E-state index >= 15 is 0 Å². The number of hydrogen-bond donors (Lipinski definition) is 1. The molecule has 0 radical (unpaired) electrons. The highest BCUT2D eigenvalue weighted by atomic mass is 16.2. The minimum Gasteiger partial charge on any atom is -0.340 e. The molecule has 1 N–H and O–H groups in total. The van der Waals surface area contributed by atoms with E-state index in [-0.39, 0.29) is 11.8 Å². The monoisotopic (exact) mass is 428 g/mol. The predicted octanol–water partition coefficient (Wildman–Crippen LogP) is 2.77. The Kier molecular flexibility index (Phi) is 7.25. The summed E-state index contributed by atoms with van der Waals surface area (Å²) in [6.45, 7) is 3.76. The summed E-state index contributed by atoms with van der Waals surface area (Å²) in [5.74, 6) is -0.252. The van der Waals surface area contributed by atoms with Gasteiger partial charge in [-0.25, -0.2) is 0 Å². The third-order valence-electron chi connectivity index (χ3n) is 5.76. The van der Waals surface area contributed by atoms with E-state index in [2.05, 4.69) is 15.2 Å². The van der Waals surface area contributed by atoms with Crippen molar-refractivity contribution >= 4 is 11.8 Å². The van der Waals surface area contributed by atoms with Crippen molar-refractivity contribution in [3.63, 3.8) is 0 Å². The number of carbonyl (C=O) groups excluding carboxylic acids is 2. The van der Waals surface area contributed by atoms with Gasteiger partial charge < -0.3 is 10.2 Å². The zero-order valence-electron chi connectivity index (χ0n) is 18.1. The molecule has 6 heteroatoms. The fraction of sp³-hybridized carbons (Fsp3) is 0.269. The Morgan fingerprint density at radius 1 is 0.812 bits per heavy atom. The van der Waals surface area contributed by atoms with Crippen molar-refractivity contribution in [3.05, 3.63) is 102 Å². The van der Waals surface area contributed by atoms with Crippen molar-refractivity contribution in [1.82, 2.24) is 20.1 Å². The van der Waals surface area contributed by atoms with Crippen LogP contribution in [-0.4, -0.2) is 58.8 Å². The number of hydrogen-bond acceptors (Lipinski definition) is 4. The molecule has 32 heavy (non-hydrogen) atoms. The normalized spacial score (nSPS) is 15.2. The standard InChI is InChI=1S/C26H28N4O2/c31-25(23-9-5-2-6-10-23)28-24(19-21-7-3-1-4-8-21)26(32)30-17-15-29(16-18-30)20-22-11-13-27-14-12-22/h1-14,24H,15-20H2,(H,28,31). The summed E-state index contributed by atoms with van der Waals surface area (Å²) in [7, 11) is 0. The highest BCUT2D eigenvalue weighted by molar-refractivity contribution is 5.97.